The monoisotopic (exact) mass is 242 g/mol. The van der Waals surface area contributed by atoms with Crippen molar-refractivity contribution in [1.29, 1.82) is 0 Å². The summed E-state index contributed by atoms with van der Waals surface area (Å²) in [5, 5.41) is 6.20. The maximum Gasteiger partial charge on any atom is 0.236 e. The third-order valence-electron chi connectivity index (χ3n) is 3.22. The zero-order valence-electron chi connectivity index (χ0n) is 11.5. The number of nitrogens with one attached hydrogen (secondary N) is 2. The highest BCUT2D eigenvalue weighted by Crippen LogP contribution is 2.33. The molecule has 2 atom stereocenters. The summed E-state index contributed by atoms with van der Waals surface area (Å²) in [7, 11) is 3.41. The smallest absolute Gasteiger partial charge is 0.236 e. The Hall–Kier alpha value is -0.610. The van der Waals surface area contributed by atoms with Crippen LogP contribution in [0.15, 0.2) is 0 Å². The number of likely N-dealkylation sites (N-methyl/N-ethyl adjacent to an activating group) is 1. The van der Waals surface area contributed by atoms with Gasteiger partial charge in [-0.25, -0.2) is 0 Å². The molecular formula is C13H26N2O2. The fourth-order valence-corrected chi connectivity index (χ4v) is 2.15. The topological polar surface area (TPSA) is 50.4 Å². The SMILES string of the molecule is CNC(=O)C(CC(C)C)NC(COC)C1CC1. The number of hydrogen-bond donors (Lipinski definition) is 2. The molecule has 1 saturated carbocycles. The van der Waals surface area contributed by atoms with Crippen molar-refractivity contribution < 1.29 is 9.53 Å². The largest absolute Gasteiger partial charge is 0.383 e. The van der Waals surface area contributed by atoms with Gasteiger partial charge in [0.25, 0.3) is 0 Å². The van der Waals surface area contributed by atoms with Crippen LogP contribution in [0, 0.1) is 11.8 Å². The summed E-state index contributed by atoms with van der Waals surface area (Å²) < 4.78 is 5.23. The van der Waals surface area contributed by atoms with Gasteiger partial charge in [0.1, 0.15) is 0 Å². The van der Waals surface area contributed by atoms with Gasteiger partial charge in [0.15, 0.2) is 0 Å². The molecule has 1 rings (SSSR count). The molecule has 0 aromatic carbocycles. The summed E-state index contributed by atoms with van der Waals surface area (Å²) in [6.45, 7) is 4.97. The molecule has 2 unspecified atom stereocenters. The average molecular weight is 242 g/mol. The van der Waals surface area contributed by atoms with E-state index in [2.05, 4.69) is 24.5 Å². The quantitative estimate of drug-likeness (QED) is 0.671. The average Bonchev–Trinajstić information content (AvgIpc) is 3.09. The molecule has 0 aromatic rings. The summed E-state index contributed by atoms with van der Waals surface area (Å²) in [5.41, 5.74) is 0. The third-order valence-corrected chi connectivity index (χ3v) is 3.22. The normalized spacial score (nSPS) is 19.1. The van der Waals surface area contributed by atoms with Crippen molar-refractivity contribution in [2.24, 2.45) is 11.8 Å². The lowest BCUT2D eigenvalue weighted by Gasteiger charge is -2.25. The second-order valence-electron chi connectivity index (χ2n) is 5.36. The molecule has 1 fully saturated rings. The van der Waals surface area contributed by atoms with Gasteiger partial charge in [0.05, 0.1) is 12.6 Å². The van der Waals surface area contributed by atoms with Gasteiger partial charge in [-0.1, -0.05) is 13.8 Å². The minimum atomic E-state index is -0.0965. The molecule has 0 bridgehead atoms. The van der Waals surface area contributed by atoms with E-state index in [0.29, 0.717) is 24.5 Å². The van der Waals surface area contributed by atoms with Gasteiger partial charge in [-0.05, 0) is 31.1 Å². The van der Waals surface area contributed by atoms with Gasteiger partial charge in [-0.3, -0.25) is 4.79 Å². The predicted octanol–water partition coefficient (Wildman–Crippen LogP) is 1.16. The molecule has 1 amide bonds. The van der Waals surface area contributed by atoms with Crippen LogP contribution in [0.2, 0.25) is 0 Å². The zero-order valence-corrected chi connectivity index (χ0v) is 11.5. The van der Waals surface area contributed by atoms with Gasteiger partial charge in [-0.2, -0.15) is 0 Å². The Balaban J connectivity index is 2.52. The molecule has 0 radical (unpaired) electrons. The Morgan fingerprint density at radius 1 is 1.41 bits per heavy atom. The minimum Gasteiger partial charge on any atom is -0.383 e. The highest BCUT2D eigenvalue weighted by atomic mass is 16.5. The first-order chi connectivity index (χ1) is 8.08. The number of rotatable bonds is 8. The van der Waals surface area contributed by atoms with Crippen molar-refractivity contribution in [3.8, 4) is 0 Å². The second-order valence-corrected chi connectivity index (χ2v) is 5.36. The van der Waals surface area contributed by atoms with Crippen LogP contribution in [-0.2, 0) is 9.53 Å². The number of hydrogen-bond acceptors (Lipinski definition) is 3. The molecule has 1 aliphatic rings. The van der Waals surface area contributed by atoms with E-state index >= 15 is 0 Å². The fourth-order valence-electron chi connectivity index (χ4n) is 2.15. The highest BCUT2D eigenvalue weighted by molar-refractivity contribution is 5.81. The lowest BCUT2D eigenvalue weighted by molar-refractivity contribution is -0.123. The van der Waals surface area contributed by atoms with E-state index in [9.17, 15) is 4.79 Å². The van der Waals surface area contributed by atoms with E-state index in [4.69, 9.17) is 4.74 Å². The minimum absolute atomic E-state index is 0.0838. The van der Waals surface area contributed by atoms with Crippen LogP contribution in [0.1, 0.15) is 33.1 Å². The Labute approximate surface area is 104 Å². The van der Waals surface area contributed by atoms with Crippen LogP contribution >= 0.6 is 0 Å². The van der Waals surface area contributed by atoms with E-state index < -0.39 is 0 Å². The third kappa shape index (κ3) is 5.04. The molecular weight excluding hydrogens is 216 g/mol. The molecule has 4 heteroatoms. The van der Waals surface area contributed by atoms with Gasteiger partial charge >= 0.3 is 0 Å². The van der Waals surface area contributed by atoms with Gasteiger partial charge < -0.3 is 15.4 Å². The highest BCUT2D eigenvalue weighted by Gasteiger charge is 2.33. The number of ether oxygens (including phenoxy) is 1. The number of methoxy groups -OCH3 is 1. The van der Waals surface area contributed by atoms with E-state index in [1.807, 2.05) is 0 Å². The van der Waals surface area contributed by atoms with Gasteiger partial charge in [0, 0.05) is 20.2 Å². The van der Waals surface area contributed by atoms with Gasteiger partial charge in [-0.15, -0.1) is 0 Å². The summed E-state index contributed by atoms with van der Waals surface area (Å²) in [4.78, 5) is 11.8. The Morgan fingerprint density at radius 2 is 2.06 bits per heavy atom. The molecule has 4 nitrogen and oxygen atoms in total. The van der Waals surface area contributed by atoms with Crippen LogP contribution in [0.4, 0.5) is 0 Å². The maximum atomic E-state index is 11.8. The molecule has 0 aliphatic heterocycles. The van der Waals surface area contributed by atoms with E-state index in [0.717, 1.165) is 6.42 Å². The van der Waals surface area contributed by atoms with E-state index in [1.54, 1.807) is 14.2 Å². The van der Waals surface area contributed by atoms with Crippen molar-refractivity contribution in [3.63, 3.8) is 0 Å². The van der Waals surface area contributed by atoms with Crippen LogP contribution in [-0.4, -0.2) is 38.8 Å². The van der Waals surface area contributed by atoms with E-state index in [1.165, 1.54) is 12.8 Å². The maximum absolute atomic E-state index is 11.8. The molecule has 100 valence electrons. The fraction of sp³-hybridized carbons (Fsp3) is 0.923. The first-order valence-electron chi connectivity index (χ1n) is 6.55. The summed E-state index contributed by atoms with van der Waals surface area (Å²) in [5.74, 6) is 1.28. The Morgan fingerprint density at radius 3 is 2.47 bits per heavy atom. The van der Waals surface area contributed by atoms with Crippen molar-refractivity contribution in [2.75, 3.05) is 20.8 Å². The molecule has 0 saturated heterocycles. The lowest BCUT2D eigenvalue weighted by atomic mass is 10.0. The molecule has 0 heterocycles. The molecule has 17 heavy (non-hydrogen) atoms. The molecule has 1 aliphatic carbocycles. The lowest BCUT2D eigenvalue weighted by Crippen LogP contribution is -2.50. The first kappa shape index (κ1) is 14.5. The molecule has 0 spiro atoms. The Bertz CT molecular complexity index is 240. The number of carbonyl (C=O) groups is 1. The second kappa shape index (κ2) is 6.97. The van der Waals surface area contributed by atoms with Crippen LogP contribution in [0.3, 0.4) is 0 Å². The zero-order chi connectivity index (χ0) is 12.8. The van der Waals surface area contributed by atoms with Crippen molar-refractivity contribution in [3.05, 3.63) is 0 Å². The van der Waals surface area contributed by atoms with Crippen molar-refractivity contribution in [1.82, 2.24) is 10.6 Å². The summed E-state index contributed by atoms with van der Waals surface area (Å²) >= 11 is 0. The van der Waals surface area contributed by atoms with Crippen molar-refractivity contribution >= 4 is 5.91 Å². The van der Waals surface area contributed by atoms with Crippen molar-refractivity contribution in [2.45, 2.75) is 45.2 Å². The summed E-state index contributed by atoms with van der Waals surface area (Å²) in [6.07, 6.45) is 3.37. The molecule has 2 N–H and O–H groups in total. The number of carbonyl (C=O) groups excluding carboxylic acids is 1. The first-order valence-corrected chi connectivity index (χ1v) is 6.55. The Kier molecular flexibility index (Phi) is 5.92. The van der Waals surface area contributed by atoms with E-state index in [-0.39, 0.29) is 11.9 Å². The predicted molar refractivity (Wildman–Crippen MR) is 68.8 cm³/mol. The van der Waals surface area contributed by atoms with Crippen LogP contribution in [0.5, 0.6) is 0 Å². The molecule has 0 aromatic heterocycles. The number of amides is 1. The van der Waals surface area contributed by atoms with Gasteiger partial charge in [0.2, 0.25) is 5.91 Å². The standard InChI is InChI=1S/C13H26N2O2/c1-9(2)7-11(13(16)14-3)15-12(8-17-4)10-5-6-10/h9-12,15H,5-8H2,1-4H3,(H,14,16). The van der Waals surface area contributed by atoms with Crippen LogP contribution < -0.4 is 10.6 Å². The summed E-state index contributed by atoms with van der Waals surface area (Å²) in [6, 6.07) is 0.224. The van der Waals surface area contributed by atoms with Crippen LogP contribution in [0.25, 0.3) is 0 Å².